The van der Waals surface area contributed by atoms with Crippen LogP contribution < -0.4 is 11.1 Å². The van der Waals surface area contributed by atoms with Gasteiger partial charge < -0.3 is 16.2 Å². The molecule has 0 saturated heterocycles. The Morgan fingerprint density at radius 3 is 2.84 bits per heavy atom. The molecule has 3 aromatic heterocycles. The Bertz CT molecular complexity index is 959. The molecule has 25 heavy (non-hydrogen) atoms. The molecule has 4 N–H and O–H groups in total. The van der Waals surface area contributed by atoms with Gasteiger partial charge in [-0.1, -0.05) is 6.07 Å². The Hall–Kier alpha value is -3.03. The second-order valence-electron chi connectivity index (χ2n) is 5.61. The number of hydrogen-bond donors (Lipinski definition) is 3. The first-order valence-electron chi connectivity index (χ1n) is 7.78. The summed E-state index contributed by atoms with van der Waals surface area (Å²) < 4.78 is 1.67. The minimum atomic E-state index is -1.16. The number of aryl methyl sites for hydroxylation is 1. The number of pyridine rings is 2. The summed E-state index contributed by atoms with van der Waals surface area (Å²) in [4.78, 5) is 21.0. The average molecular weight is 337 g/mol. The lowest BCUT2D eigenvalue weighted by atomic mass is 10.1. The number of amides is 1. The van der Waals surface area contributed by atoms with E-state index in [0.29, 0.717) is 28.2 Å². The van der Waals surface area contributed by atoms with Crippen molar-refractivity contribution < 1.29 is 9.90 Å². The van der Waals surface area contributed by atoms with Crippen LogP contribution in [0.25, 0.3) is 17.3 Å². The molecule has 0 radical (unpaired) electrons. The number of carbonyl (C=O) groups excluding carboxylic acids is 1. The van der Waals surface area contributed by atoms with E-state index < -0.39 is 6.23 Å². The SMILES string of the molecule is CNC(=O)/C(=C/c1cccc(C)n1)c1ccc2ncc(C(N)O)n2c1. The summed E-state index contributed by atoms with van der Waals surface area (Å²) in [6, 6.07) is 9.18. The molecule has 1 atom stereocenters. The molecule has 0 fully saturated rings. The van der Waals surface area contributed by atoms with Crippen LogP contribution in [0.5, 0.6) is 0 Å². The van der Waals surface area contributed by atoms with Crippen LogP contribution in [0.4, 0.5) is 0 Å². The van der Waals surface area contributed by atoms with Gasteiger partial charge >= 0.3 is 0 Å². The highest BCUT2D eigenvalue weighted by atomic mass is 16.3. The smallest absolute Gasteiger partial charge is 0.251 e. The molecule has 0 aliphatic rings. The van der Waals surface area contributed by atoms with Crippen LogP contribution in [0.15, 0.2) is 42.7 Å². The van der Waals surface area contributed by atoms with Crippen molar-refractivity contribution in [1.29, 1.82) is 0 Å². The van der Waals surface area contributed by atoms with Crippen molar-refractivity contribution in [2.45, 2.75) is 13.2 Å². The van der Waals surface area contributed by atoms with Crippen LogP contribution in [-0.4, -0.2) is 32.4 Å². The number of hydrogen-bond acceptors (Lipinski definition) is 5. The summed E-state index contributed by atoms with van der Waals surface area (Å²) in [6.07, 6.45) is 3.80. The number of nitrogens with one attached hydrogen (secondary N) is 1. The summed E-state index contributed by atoms with van der Waals surface area (Å²) in [5, 5.41) is 12.3. The molecule has 7 heteroatoms. The molecule has 3 heterocycles. The predicted octanol–water partition coefficient (Wildman–Crippen LogP) is 1.27. The maximum absolute atomic E-state index is 12.4. The lowest BCUT2D eigenvalue weighted by Crippen LogP contribution is -2.19. The molecule has 0 aliphatic carbocycles. The molecule has 0 bridgehead atoms. The van der Waals surface area contributed by atoms with Gasteiger partial charge in [-0.15, -0.1) is 0 Å². The van der Waals surface area contributed by atoms with E-state index >= 15 is 0 Å². The third-order valence-electron chi connectivity index (χ3n) is 3.82. The predicted molar refractivity (Wildman–Crippen MR) is 95.3 cm³/mol. The van der Waals surface area contributed by atoms with E-state index in [0.717, 1.165) is 5.69 Å². The fraction of sp³-hybridized carbons (Fsp3) is 0.167. The van der Waals surface area contributed by atoms with Crippen molar-refractivity contribution >= 4 is 23.2 Å². The number of aromatic nitrogens is 3. The van der Waals surface area contributed by atoms with Gasteiger partial charge in [0.05, 0.1) is 23.2 Å². The zero-order valence-corrected chi connectivity index (χ0v) is 14.0. The molecule has 0 saturated carbocycles. The zero-order valence-electron chi connectivity index (χ0n) is 14.0. The van der Waals surface area contributed by atoms with Crippen molar-refractivity contribution in [3.05, 3.63) is 65.4 Å². The van der Waals surface area contributed by atoms with E-state index in [9.17, 15) is 9.90 Å². The van der Waals surface area contributed by atoms with Crippen LogP contribution in [0, 0.1) is 6.92 Å². The lowest BCUT2D eigenvalue weighted by Gasteiger charge is -2.10. The average Bonchev–Trinajstić information content (AvgIpc) is 3.02. The Balaban J connectivity index is 2.15. The van der Waals surface area contributed by atoms with E-state index in [2.05, 4.69) is 15.3 Å². The lowest BCUT2D eigenvalue weighted by molar-refractivity contribution is -0.115. The van der Waals surface area contributed by atoms with E-state index in [1.807, 2.05) is 25.1 Å². The Morgan fingerprint density at radius 1 is 1.36 bits per heavy atom. The molecule has 1 unspecified atom stereocenters. The molecule has 3 aromatic rings. The van der Waals surface area contributed by atoms with Crippen molar-refractivity contribution in [2.75, 3.05) is 7.05 Å². The van der Waals surface area contributed by atoms with Crippen molar-refractivity contribution in [1.82, 2.24) is 19.7 Å². The quantitative estimate of drug-likeness (QED) is 0.491. The van der Waals surface area contributed by atoms with Gasteiger partial charge in [-0.3, -0.25) is 14.2 Å². The summed E-state index contributed by atoms with van der Waals surface area (Å²) in [7, 11) is 1.57. The molecule has 0 aliphatic heterocycles. The maximum atomic E-state index is 12.4. The van der Waals surface area contributed by atoms with Gasteiger partial charge in [-0.2, -0.15) is 0 Å². The second kappa shape index (κ2) is 6.84. The molecular weight excluding hydrogens is 318 g/mol. The normalized spacial score (nSPS) is 13.0. The molecule has 128 valence electrons. The van der Waals surface area contributed by atoms with Crippen LogP contribution in [0.1, 0.15) is 28.9 Å². The minimum Gasteiger partial charge on any atom is -0.373 e. The number of nitrogens with two attached hydrogens (primary N) is 1. The zero-order chi connectivity index (χ0) is 18.0. The Kier molecular flexibility index (Phi) is 4.60. The van der Waals surface area contributed by atoms with Gasteiger partial charge in [0.25, 0.3) is 5.91 Å². The Labute approximate surface area is 144 Å². The summed E-state index contributed by atoms with van der Waals surface area (Å²) >= 11 is 0. The number of carbonyl (C=O) groups is 1. The molecule has 7 nitrogen and oxygen atoms in total. The van der Waals surface area contributed by atoms with Crippen molar-refractivity contribution in [3.8, 4) is 0 Å². The Morgan fingerprint density at radius 2 is 2.16 bits per heavy atom. The first kappa shape index (κ1) is 16.8. The van der Waals surface area contributed by atoms with Crippen LogP contribution in [-0.2, 0) is 4.79 Å². The van der Waals surface area contributed by atoms with E-state index in [1.165, 1.54) is 6.20 Å². The fourth-order valence-electron chi connectivity index (χ4n) is 2.58. The van der Waals surface area contributed by atoms with Gasteiger partial charge in [-0.05, 0) is 37.3 Å². The summed E-state index contributed by atoms with van der Waals surface area (Å²) in [5.74, 6) is -0.238. The highest BCUT2D eigenvalue weighted by molar-refractivity contribution is 6.23. The molecular formula is C18H19N5O2. The topological polar surface area (TPSA) is 106 Å². The van der Waals surface area contributed by atoms with Crippen LogP contribution in [0.2, 0.25) is 0 Å². The summed E-state index contributed by atoms with van der Waals surface area (Å²) in [6.45, 7) is 1.89. The highest BCUT2D eigenvalue weighted by Gasteiger charge is 2.14. The van der Waals surface area contributed by atoms with Crippen molar-refractivity contribution in [3.63, 3.8) is 0 Å². The van der Waals surface area contributed by atoms with E-state index in [4.69, 9.17) is 5.73 Å². The largest absolute Gasteiger partial charge is 0.373 e. The molecule has 3 rings (SSSR count). The fourth-order valence-corrected chi connectivity index (χ4v) is 2.58. The third-order valence-corrected chi connectivity index (χ3v) is 3.82. The van der Waals surface area contributed by atoms with Crippen molar-refractivity contribution in [2.24, 2.45) is 5.73 Å². The second-order valence-corrected chi connectivity index (χ2v) is 5.61. The number of likely N-dealkylation sites (N-methyl/N-ethyl adjacent to an activating group) is 1. The van der Waals surface area contributed by atoms with Gasteiger partial charge in [0, 0.05) is 24.5 Å². The number of rotatable bonds is 4. The number of nitrogens with zero attached hydrogens (tertiary/aromatic N) is 3. The first-order chi connectivity index (χ1) is 12.0. The monoisotopic (exact) mass is 337 g/mol. The van der Waals surface area contributed by atoms with Crippen LogP contribution >= 0.6 is 0 Å². The maximum Gasteiger partial charge on any atom is 0.251 e. The standard InChI is InChI=1S/C18H19N5O2/c1-11-4-3-5-13(22-11)8-14(18(25)20-2)12-6-7-16-21-9-15(17(19)24)23(16)10-12/h3-10,17,24H,19H2,1-2H3,(H,20,25)/b14-8+. The number of fused-ring (bicyclic) bond motifs is 1. The number of aliphatic hydroxyl groups is 1. The number of imidazole rings is 1. The third kappa shape index (κ3) is 3.42. The van der Waals surface area contributed by atoms with Gasteiger partial charge in [0.2, 0.25) is 0 Å². The summed E-state index contributed by atoms with van der Waals surface area (Å²) in [5.41, 5.74) is 9.31. The van der Waals surface area contributed by atoms with E-state index in [-0.39, 0.29) is 5.91 Å². The first-order valence-corrected chi connectivity index (χ1v) is 7.78. The minimum absolute atomic E-state index is 0.238. The van der Waals surface area contributed by atoms with E-state index in [1.54, 1.807) is 35.9 Å². The van der Waals surface area contributed by atoms with Gasteiger partial charge in [-0.25, -0.2) is 4.98 Å². The van der Waals surface area contributed by atoms with Gasteiger partial charge in [0.15, 0.2) is 0 Å². The highest BCUT2D eigenvalue weighted by Crippen LogP contribution is 2.21. The number of aliphatic hydroxyl groups excluding tert-OH is 1. The molecule has 0 spiro atoms. The molecule has 1 amide bonds. The van der Waals surface area contributed by atoms with Gasteiger partial charge in [0.1, 0.15) is 11.9 Å². The van der Waals surface area contributed by atoms with Crippen LogP contribution in [0.3, 0.4) is 0 Å². The molecule has 0 aromatic carbocycles.